The molecule has 126 valence electrons. The molecule has 0 radical (unpaired) electrons. The number of benzene rings is 2. The predicted molar refractivity (Wildman–Crippen MR) is 105 cm³/mol. The summed E-state index contributed by atoms with van der Waals surface area (Å²) in [5.41, 5.74) is 1.25. The second kappa shape index (κ2) is 9.03. The summed E-state index contributed by atoms with van der Waals surface area (Å²) in [5.74, 6) is -0.613. The van der Waals surface area contributed by atoms with Crippen LogP contribution in [-0.4, -0.2) is 22.8 Å². The number of hydrogen-bond donors (Lipinski definition) is 2. The van der Waals surface area contributed by atoms with Gasteiger partial charge in [0, 0.05) is 14.9 Å². The first-order valence-corrected chi connectivity index (χ1v) is 9.30. The molecule has 1 unspecified atom stereocenters. The van der Waals surface area contributed by atoms with E-state index in [-0.39, 0.29) is 28.6 Å². The van der Waals surface area contributed by atoms with E-state index in [0.717, 1.165) is 9.26 Å². The fourth-order valence-electron chi connectivity index (χ4n) is 1.78. The van der Waals surface area contributed by atoms with E-state index in [9.17, 15) is 14.0 Å². The molecule has 4 nitrogen and oxygen atoms in total. The fourth-order valence-corrected chi connectivity index (χ4v) is 2.83. The smallest absolute Gasteiger partial charge is 0.237 e. The van der Waals surface area contributed by atoms with Crippen LogP contribution in [-0.2, 0) is 9.59 Å². The summed E-state index contributed by atoms with van der Waals surface area (Å²) < 4.78 is 13.9. The van der Waals surface area contributed by atoms with Crippen molar-refractivity contribution >= 4 is 57.5 Å². The van der Waals surface area contributed by atoms with Crippen molar-refractivity contribution in [1.29, 1.82) is 0 Å². The van der Waals surface area contributed by atoms with E-state index >= 15 is 0 Å². The summed E-state index contributed by atoms with van der Waals surface area (Å²) in [4.78, 5) is 24.0. The van der Waals surface area contributed by atoms with Crippen LogP contribution in [0, 0.1) is 9.39 Å². The van der Waals surface area contributed by atoms with Crippen molar-refractivity contribution in [3.05, 3.63) is 57.9 Å². The normalized spacial score (nSPS) is 11.6. The molecular formula is C17H16FIN2O2S. The lowest BCUT2D eigenvalue weighted by atomic mass is 10.3. The van der Waals surface area contributed by atoms with Gasteiger partial charge in [-0.1, -0.05) is 0 Å². The Hall–Kier alpha value is -1.61. The molecule has 0 aliphatic heterocycles. The Morgan fingerprint density at radius 2 is 1.58 bits per heavy atom. The summed E-state index contributed by atoms with van der Waals surface area (Å²) in [6.07, 6.45) is 0. The van der Waals surface area contributed by atoms with Crippen molar-refractivity contribution < 1.29 is 14.0 Å². The molecule has 0 aliphatic rings. The molecule has 7 heteroatoms. The van der Waals surface area contributed by atoms with Gasteiger partial charge in [-0.25, -0.2) is 4.39 Å². The number of hydrogen-bond acceptors (Lipinski definition) is 3. The highest BCUT2D eigenvalue weighted by Gasteiger charge is 2.15. The first kappa shape index (κ1) is 18.7. The quantitative estimate of drug-likeness (QED) is 0.641. The summed E-state index contributed by atoms with van der Waals surface area (Å²) in [5, 5.41) is 5.10. The van der Waals surface area contributed by atoms with Crippen LogP contribution >= 0.6 is 34.4 Å². The van der Waals surface area contributed by atoms with Gasteiger partial charge in [-0.3, -0.25) is 9.59 Å². The lowest BCUT2D eigenvalue weighted by Gasteiger charge is -2.12. The van der Waals surface area contributed by atoms with Crippen LogP contribution < -0.4 is 10.6 Å². The second-order valence-corrected chi connectivity index (χ2v) is 7.58. The first-order chi connectivity index (χ1) is 11.4. The molecule has 2 amide bonds. The second-order valence-electron chi connectivity index (χ2n) is 5.00. The minimum Gasteiger partial charge on any atom is -0.325 e. The van der Waals surface area contributed by atoms with Crippen molar-refractivity contribution in [3.63, 3.8) is 0 Å². The van der Waals surface area contributed by atoms with Gasteiger partial charge in [0.15, 0.2) is 0 Å². The van der Waals surface area contributed by atoms with Gasteiger partial charge in [0.2, 0.25) is 11.8 Å². The number of nitrogens with one attached hydrogen (secondary N) is 2. The summed E-state index contributed by atoms with van der Waals surface area (Å²) >= 11 is 3.43. The molecule has 0 aromatic heterocycles. The average Bonchev–Trinajstić information content (AvgIpc) is 2.57. The number of amides is 2. The van der Waals surface area contributed by atoms with Crippen LogP contribution in [0.5, 0.6) is 0 Å². The highest BCUT2D eigenvalue weighted by Crippen LogP contribution is 2.16. The Balaban J connectivity index is 1.77. The van der Waals surface area contributed by atoms with Gasteiger partial charge in [-0.15, -0.1) is 11.8 Å². The van der Waals surface area contributed by atoms with Crippen LogP contribution in [0.4, 0.5) is 15.8 Å². The molecule has 0 aliphatic carbocycles. The number of halogens is 2. The van der Waals surface area contributed by atoms with Crippen molar-refractivity contribution in [2.45, 2.75) is 12.2 Å². The van der Waals surface area contributed by atoms with Crippen LogP contribution in [0.25, 0.3) is 0 Å². The molecule has 0 spiro atoms. The molecule has 0 fully saturated rings. The van der Waals surface area contributed by atoms with E-state index in [1.807, 2.05) is 24.3 Å². The molecule has 2 aromatic rings. The lowest BCUT2D eigenvalue weighted by Crippen LogP contribution is -2.25. The topological polar surface area (TPSA) is 58.2 Å². The Morgan fingerprint density at radius 1 is 1.04 bits per heavy atom. The van der Waals surface area contributed by atoms with Gasteiger partial charge in [0.25, 0.3) is 0 Å². The summed E-state index contributed by atoms with van der Waals surface area (Å²) in [7, 11) is 0. The van der Waals surface area contributed by atoms with Gasteiger partial charge >= 0.3 is 0 Å². The van der Waals surface area contributed by atoms with Gasteiger partial charge in [-0.05, 0) is 78.0 Å². The maximum Gasteiger partial charge on any atom is 0.237 e. The summed E-state index contributed by atoms with van der Waals surface area (Å²) in [6, 6.07) is 13.0. The molecule has 2 aromatic carbocycles. The van der Waals surface area contributed by atoms with E-state index in [2.05, 4.69) is 33.2 Å². The molecule has 2 N–H and O–H groups in total. The standard InChI is InChI=1S/C17H16FIN2O2S/c1-11(17(23)21-15-8-4-13(19)5-9-15)24-10-16(22)20-14-6-2-12(18)3-7-14/h2-9,11H,10H2,1H3,(H,20,22)(H,21,23). The maximum absolute atomic E-state index is 12.8. The largest absolute Gasteiger partial charge is 0.325 e. The molecule has 2 rings (SSSR count). The van der Waals surface area contributed by atoms with Crippen molar-refractivity contribution in [1.82, 2.24) is 0 Å². The molecular weight excluding hydrogens is 442 g/mol. The van der Waals surface area contributed by atoms with Gasteiger partial charge in [0.1, 0.15) is 5.82 Å². The minimum absolute atomic E-state index is 0.138. The Kier molecular flexibility index (Phi) is 7.04. The van der Waals surface area contributed by atoms with Crippen molar-refractivity contribution in [2.75, 3.05) is 16.4 Å². The van der Waals surface area contributed by atoms with Gasteiger partial charge < -0.3 is 10.6 Å². The minimum atomic E-state index is -0.372. The van der Waals surface area contributed by atoms with E-state index in [0.29, 0.717) is 5.69 Å². The first-order valence-electron chi connectivity index (χ1n) is 7.17. The van der Waals surface area contributed by atoms with Gasteiger partial charge in [0.05, 0.1) is 11.0 Å². The number of thioether (sulfide) groups is 1. The summed E-state index contributed by atoms with van der Waals surface area (Å²) in [6.45, 7) is 1.75. The third-order valence-electron chi connectivity index (χ3n) is 3.07. The maximum atomic E-state index is 12.8. The molecule has 0 saturated heterocycles. The predicted octanol–water partition coefficient (Wildman–Crippen LogP) is 4.13. The van der Waals surface area contributed by atoms with E-state index in [1.165, 1.54) is 36.0 Å². The third-order valence-corrected chi connectivity index (χ3v) is 4.94. The highest BCUT2D eigenvalue weighted by molar-refractivity contribution is 14.1. The van der Waals surface area contributed by atoms with E-state index < -0.39 is 0 Å². The lowest BCUT2D eigenvalue weighted by molar-refractivity contribution is -0.115. The van der Waals surface area contributed by atoms with Crippen molar-refractivity contribution in [3.8, 4) is 0 Å². The number of carbonyl (C=O) groups is 2. The van der Waals surface area contributed by atoms with Crippen molar-refractivity contribution in [2.24, 2.45) is 0 Å². The zero-order valence-corrected chi connectivity index (χ0v) is 15.9. The van der Waals surface area contributed by atoms with Crippen LogP contribution in [0.1, 0.15) is 6.92 Å². The van der Waals surface area contributed by atoms with Crippen LogP contribution in [0.3, 0.4) is 0 Å². The zero-order valence-electron chi connectivity index (χ0n) is 12.9. The molecule has 0 heterocycles. The Labute approximate surface area is 157 Å². The van der Waals surface area contributed by atoms with E-state index in [4.69, 9.17) is 0 Å². The van der Waals surface area contributed by atoms with Gasteiger partial charge in [-0.2, -0.15) is 0 Å². The highest BCUT2D eigenvalue weighted by atomic mass is 127. The number of anilines is 2. The molecule has 0 bridgehead atoms. The Morgan fingerprint density at radius 3 is 2.21 bits per heavy atom. The fraction of sp³-hybridized carbons (Fsp3) is 0.176. The average molecular weight is 458 g/mol. The molecule has 24 heavy (non-hydrogen) atoms. The third kappa shape index (κ3) is 6.12. The molecule has 1 atom stereocenters. The van der Waals surface area contributed by atoms with Crippen LogP contribution in [0.15, 0.2) is 48.5 Å². The Bertz CT molecular complexity index is 708. The zero-order chi connectivity index (χ0) is 17.5. The van der Waals surface area contributed by atoms with Crippen LogP contribution in [0.2, 0.25) is 0 Å². The van der Waals surface area contributed by atoms with E-state index in [1.54, 1.807) is 6.92 Å². The number of rotatable bonds is 6. The monoisotopic (exact) mass is 458 g/mol. The SMILES string of the molecule is CC(SCC(=O)Nc1ccc(F)cc1)C(=O)Nc1ccc(I)cc1. The number of carbonyl (C=O) groups excluding carboxylic acids is 2. The molecule has 0 saturated carbocycles.